The molecule has 0 N–H and O–H groups in total. The topological polar surface area (TPSA) is 78.9 Å². The van der Waals surface area contributed by atoms with Crippen molar-refractivity contribution in [2.24, 2.45) is 0 Å². The monoisotopic (exact) mass is 1120 g/mol. The van der Waals surface area contributed by atoms with Gasteiger partial charge in [0.25, 0.3) is 0 Å². The molecule has 464 valence electrons. The highest BCUT2D eigenvalue weighted by atomic mass is 16.6. The van der Waals surface area contributed by atoms with Crippen LogP contribution in [0.25, 0.3) is 0 Å². The second kappa shape index (κ2) is 68.6. The van der Waals surface area contributed by atoms with Crippen molar-refractivity contribution >= 4 is 17.9 Å². The third-order valence-electron chi connectivity index (χ3n) is 14.7. The van der Waals surface area contributed by atoms with E-state index < -0.39 is 6.10 Å². The molecule has 0 aromatic heterocycles. The van der Waals surface area contributed by atoms with E-state index >= 15 is 0 Å². The molecule has 0 spiro atoms. The number of unbranched alkanes of at least 4 members (excludes halogenated alkanes) is 33. The SMILES string of the molecule is CC/C=C\C/C=C\C/C=C\C/C=C\C/C=C\C/C=C\C/C=C\CCCCCCCCCC(=O)OCC(COC(=O)CCCCCCC/C=C\CCCCCC)OC(=O)CCCCCCCCCCC/C=C\CCCCCCCCCC. The molecule has 6 nitrogen and oxygen atoms in total. The standard InChI is InChI=1S/C75H128O6/c1-4-7-10-13-16-19-22-25-27-29-31-33-34-35-36-37-38-39-40-42-43-45-47-50-53-56-59-62-65-68-74(77)80-71-72(70-79-73(76)67-64-61-58-55-52-49-24-21-18-15-12-9-6-3)81-75(78)69-66-63-60-57-54-51-48-46-44-41-32-30-28-26-23-20-17-14-11-8-5-2/h7,10,16,19,21,24-25,27,30-33,35-36,38-39,42-43,72H,4-6,8-9,11-15,17-18,20,22-23,26,28-29,34,37,40-41,44-71H2,1-3H3/b10-7-,19-16-,24-21-,27-25-,32-30-,33-31-,36-35-,39-38-,43-42-. The van der Waals surface area contributed by atoms with E-state index in [4.69, 9.17) is 14.2 Å². The van der Waals surface area contributed by atoms with Crippen LogP contribution in [-0.4, -0.2) is 37.2 Å². The van der Waals surface area contributed by atoms with E-state index in [-0.39, 0.29) is 31.1 Å². The predicted octanol–water partition coefficient (Wildman–Crippen LogP) is 23.8. The van der Waals surface area contributed by atoms with Crippen LogP contribution < -0.4 is 0 Å². The smallest absolute Gasteiger partial charge is 0.306 e. The van der Waals surface area contributed by atoms with Gasteiger partial charge in [-0.2, -0.15) is 0 Å². The Morgan fingerprint density at radius 1 is 0.259 bits per heavy atom. The summed E-state index contributed by atoms with van der Waals surface area (Å²) in [5.41, 5.74) is 0. The number of esters is 3. The van der Waals surface area contributed by atoms with Gasteiger partial charge in [0.2, 0.25) is 0 Å². The minimum atomic E-state index is -0.790. The van der Waals surface area contributed by atoms with Gasteiger partial charge >= 0.3 is 17.9 Å². The van der Waals surface area contributed by atoms with Crippen LogP contribution in [0.2, 0.25) is 0 Å². The van der Waals surface area contributed by atoms with Gasteiger partial charge in [0.15, 0.2) is 6.10 Å². The van der Waals surface area contributed by atoms with Crippen molar-refractivity contribution in [3.8, 4) is 0 Å². The molecule has 0 aliphatic rings. The highest BCUT2D eigenvalue weighted by molar-refractivity contribution is 5.71. The zero-order chi connectivity index (χ0) is 58.5. The summed E-state index contributed by atoms with van der Waals surface area (Å²) < 4.78 is 16.9. The van der Waals surface area contributed by atoms with Gasteiger partial charge in [0.05, 0.1) is 0 Å². The van der Waals surface area contributed by atoms with Gasteiger partial charge in [0, 0.05) is 19.3 Å². The fraction of sp³-hybridized carbons (Fsp3) is 0.720. The first-order valence-electron chi connectivity index (χ1n) is 34.4. The van der Waals surface area contributed by atoms with E-state index in [2.05, 4.69) is 130 Å². The molecule has 0 rings (SSSR count). The van der Waals surface area contributed by atoms with E-state index in [1.807, 2.05) is 0 Å². The summed E-state index contributed by atoms with van der Waals surface area (Å²) in [6.07, 6.45) is 93.9. The number of carbonyl (C=O) groups excluding carboxylic acids is 3. The molecule has 0 saturated carbocycles. The van der Waals surface area contributed by atoms with Gasteiger partial charge in [-0.25, -0.2) is 0 Å². The van der Waals surface area contributed by atoms with Crippen LogP contribution in [0.5, 0.6) is 0 Å². The van der Waals surface area contributed by atoms with E-state index in [0.717, 1.165) is 116 Å². The molecule has 0 saturated heterocycles. The molecule has 0 radical (unpaired) electrons. The molecule has 0 aliphatic carbocycles. The highest BCUT2D eigenvalue weighted by Crippen LogP contribution is 2.16. The second-order valence-corrected chi connectivity index (χ2v) is 22.7. The molecule has 0 aromatic carbocycles. The number of hydrogen-bond donors (Lipinski definition) is 0. The van der Waals surface area contributed by atoms with E-state index in [1.165, 1.54) is 173 Å². The Morgan fingerprint density at radius 3 is 0.778 bits per heavy atom. The lowest BCUT2D eigenvalue weighted by atomic mass is 10.1. The van der Waals surface area contributed by atoms with Crippen LogP contribution in [-0.2, 0) is 28.6 Å². The van der Waals surface area contributed by atoms with Crippen LogP contribution >= 0.6 is 0 Å². The number of rotatable bonds is 62. The fourth-order valence-corrected chi connectivity index (χ4v) is 9.59. The third kappa shape index (κ3) is 66.8. The van der Waals surface area contributed by atoms with Crippen molar-refractivity contribution in [1.29, 1.82) is 0 Å². The molecule has 1 atom stereocenters. The molecule has 6 heteroatoms. The molecular formula is C75H128O6. The molecule has 0 fully saturated rings. The minimum absolute atomic E-state index is 0.0858. The largest absolute Gasteiger partial charge is 0.462 e. The van der Waals surface area contributed by atoms with Crippen LogP contribution in [0.1, 0.15) is 329 Å². The van der Waals surface area contributed by atoms with Crippen LogP contribution in [0.4, 0.5) is 0 Å². The van der Waals surface area contributed by atoms with Gasteiger partial charge in [-0.3, -0.25) is 14.4 Å². The Labute approximate surface area is 501 Å². The van der Waals surface area contributed by atoms with Crippen LogP contribution in [0.3, 0.4) is 0 Å². The number of ether oxygens (including phenoxy) is 3. The lowest BCUT2D eigenvalue weighted by Gasteiger charge is -2.18. The Kier molecular flexibility index (Phi) is 65.2. The Hall–Kier alpha value is -3.93. The van der Waals surface area contributed by atoms with Gasteiger partial charge in [0.1, 0.15) is 13.2 Å². The average Bonchev–Trinajstić information content (AvgIpc) is 3.46. The summed E-state index contributed by atoms with van der Waals surface area (Å²) in [7, 11) is 0. The van der Waals surface area contributed by atoms with Crippen molar-refractivity contribution in [2.45, 2.75) is 335 Å². The van der Waals surface area contributed by atoms with Gasteiger partial charge < -0.3 is 14.2 Å². The van der Waals surface area contributed by atoms with Gasteiger partial charge in [-0.15, -0.1) is 0 Å². The Morgan fingerprint density at radius 2 is 0.481 bits per heavy atom. The lowest BCUT2D eigenvalue weighted by Crippen LogP contribution is -2.30. The molecule has 0 bridgehead atoms. The fourth-order valence-electron chi connectivity index (χ4n) is 9.59. The summed E-state index contributed by atoms with van der Waals surface area (Å²) in [6.45, 7) is 6.52. The quantitative estimate of drug-likeness (QED) is 0.0261. The minimum Gasteiger partial charge on any atom is -0.462 e. The first-order chi connectivity index (χ1) is 40.0. The first kappa shape index (κ1) is 77.1. The zero-order valence-electron chi connectivity index (χ0n) is 53.3. The van der Waals surface area contributed by atoms with Crippen molar-refractivity contribution in [1.82, 2.24) is 0 Å². The van der Waals surface area contributed by atoms with Crippen LogP contribution in [0, 0.1) is 0 Å². The van der Waals surface area contributed by atoms with Crippen molar-refractivity contribution in [2.75, 3.05) is 13.2 Å². The summed E-state index contributed by atoms with van der Waals surface area (Å²) in [5.74, 6) is -0.896. The number of hydrogen-bond acceptors (Lipinski definition) is 6. The van der Waals surface area contributed by atoms with Gasteiger partial charge in [-0.1, -0.05) is 291 Å². The van der Waals surface area contributed by atoms with Crippen molar-refractivity contribution in [3.05, 3.63) is 109 Å². The molecule has 81 heavy (non-hydrogen) atoms. The van der Waals surface area contributed by atoms with Crippen LogP contribution in [0.15, 0.2) is 109 Å². The average molecular weight is 1130 g/mol. The first-order valence-corrected chi connectivity index (χ1v) is 34.4. The summed E-state index contributed by atoms with van der Waals surface area (Å²) >= 11 is 0. The summed E-state index contributed by atoms with van der Waals surface area (Å²) in [4.78, 5) is 38.4. The Bertz CT molecular complexity index is 1620. The van der Waals surface area contributed by atoms with E-state index in [0.29, 0.717) is 19.3 Å². The maximum atomic E-state index is 12.9. The van der Waals surface area contributed by atoms with E-state index in [9.17, 15) is 14.4 Å². The van der Waals surface area contributed by atoms with E-state index in [1.54, 1.807) is 0 Å². The normalized spacial score (nSPS) is 12.8. The third-order valence-corrected chi connectivity index (χ3v) is 14.7. The summed E-state index contributed by atoms with van der Waals surface area (Å²) in [5, 5.41) is 0. The maximum Gasteiger partial charge on any atom is 0.306 e. The predicted molar refractivity (Wildman–Crippen MR) is 353 cm³/mol. The highest BCUT2D eigenvalue weighted by Gasteiger charge is 2.19. The maximum absolute atomic E-state index is 12.9. The molecule has 0 amide bonds. The van der Waals surface area contributed by atoms with Gasteiger partial charge in [-0.05, 0) is 128 Å². The number of carbonyl (C=O) groups is 3. The molecule has 0 aromatic rings. The summed E-state index contributed by atoms with van der Waals surface area (Å²) in [6, 6.07) is 0. The molecule has 0 aliphatic heterocycles. The Balaban J connectivity index is 4.33. The molecule has 0 heterocycles. The van der Waals surface area contributed by atoms with Crippen molar-refractivity contribution < 1.29 is 28.6 Å². The zero-order valence-corrected chi connectivity index (χ0v) is 53.3. The van der Waals surface area contributed by atoms with Crippen molar-refractivity contribution in [3.63, 3.8) is 0 Å². The molecule has 1 unspecified atom stereocenters. The molecular weight excluding hydrogens is 997 g/mol. The number of allylic oxidation sites excluding steroid dienone is 18. The second-order valence-electron chi connectivity index (χ2n) is 22.7. The lowest BCUT2D eigenvalue weighted by molar-refractivity contribution is -0.167.